The summed E-state index contributed by atoms with van der Waals surface area (Å²) in [6.45, 7) is 3.27. The van der Waals surface area contributed by atoms with E-state index in [4.69, 9.17) is 0 Å². The molecule has 2 aliphatic rings. The summed E-state index contributed by atoms with van der Waals surface area (Å²) >= 11 is 0. The standard InChI is InChI=1S/C18H25F3N4O/c19-18(20,21)14-4-3-5-15(12-14)23-17(26)13-24-8-10-25(11-9-24)16-6-1-2-7-22-16/h1-2,6-7,14-15H,3-5,8-13H2,(H,23,26)/t14-,15+/m1/s1. The van der Waals surface area contributed by atoms with Gasteiger partial charge in [0.2, 0.25) is 5.91 Å². The van der Waals surface area contributed by atoms with Gasteiger partial charge in [-0.2, -0.15) is 13.2 Å². The summed E-state index contributed by atoms with van der Waals surface area (Å²) in [4.78, 5) is 20.8. The van der Waals surface area contributed by atoms with E-state index in [1.54, 1.807) is 6.20 Å². The van der Waals surface area contributed by atoms with Gasteiger partial charge in [-0.25, -0.2) is 4.98 Å². The highest BCUT2D eigenvalue weighted by Crippen LogP contribution is 2.37. The van der Waals surface area contributed by atoms with Crippen LogP contribution in [-0.2, 0) is 4.79 Å². The van der Waals surface area contributed by atoms with E-state index >= 15 is 0 Å². The fraction of sp³-hybridized carbons (Fsp3) is 0.667. The molecule has 1 aromatic heterocycles. The minimum Gasteiger partial charge on any atom is -0.354 e. The predicted molar refractivity (Wildman–Crippen MR) is 92.8 cm³/mol. The number of nitrogens with one attached hydrogen (secondary N) is 1. The zero-order valence-electron chi connectivity index (χ0n) is 14.7. The lowest BCUT2D eigenvalue weighted by atomic mass is 9.85. The molecule has 2 heterocycles. The minimum atomic E-state index is -4.16. The summed E-state index contributed by atoms with van der Waals surface area (Å²) in [5, 5.41) is 2.80. The smallest absolute Gasteiger partial charge is 0.354 e. The maximum Gasteiger partial charge on any atom is 0.391 e. The van der Waals surface area contributed by atoms with Crippen LogP contribution in [0.1, 0.15) is 25.7 Å². The number of carbonyl (C=O) groups is 1. The van der Waals surface area contributed by atoms with E-state index in [0.29, 0.717) is 12.8 Å². The van der Waals surface area contributed by atoms with Gasteiger partial charge in [0.25, 0.3) is 0 Å². The fourth-order valence-corrected chi connectivity index (χ4v) is 3.77. The van der Waals surface area contributed by atoms with Gasteiger partial charge in [0, 0.05) is 38.4 Å². The molecule has 0 unspecified atom stereocenters. The summed E-state index contributed by atoms with van der Waals surface area (Å²) in [5.74, 6) is -0.537. The molecule has 3 rings (SSSR count). The molecule has 1 amide bonds. The lowest BCUT2D eigenvalue weighted by molar-refractivity contribution is -0.184. The third-order valence-electron chi connectivity index (χ3n) is 5.22. The number of aromatic nitrogens is 1. The highest BCUT2D eigenvalue weighted by atomic mass is 19.4. The number of hydrogen-bond donors (Lipinski definition) is 1. The second-order valence-electron chi connectivity index (χ2n) is 7.12. The molecule has 2 atom stereocenters. The van der Waals surface area contributed by atoms with Gasteiger partial charge in [-0.3, -0.25) is 9.69 Å². The number of halogens is 3. The average Bonchev–Trinajstić information content (AvgIpc) is 2.62. The predicted octanol–water partition coefficient (Wildman–Crippen LogP) is 2.44. The molecule has 0 spiro atoms. The normalized spacial score (nSPS) is 25.1. The van der Waals surface area contributed by atoms with Gasteiger partial charge in [-0.05, 0) is 31.4 Å². The van der Waals surface area contributed by atoms with E-state index in [-0.39, 0.29) is 31.3 Å². The Morgan fingerprint density at radius 3 is 2.62 bits per heavy atom. The molecular weight excluding hydrogens is 345 g/mol. The second kappa shape index (κ2) is 8.24. The van der Waals surface area contributed by atoms with Crippen LogP contribution in [0, 0.1) is 5.92 Å². The molecular formula is C18H25F3N4O. The SMILES string of the molecule is O=C(CN1CCN(c2ccccn2)CC1)N[C@H]1CCC[C@@H](C(F)(F)F)C1. The van der Waals surface area contributed by atoms with Crippen LogP contribution in [-0.4, -0.2) is 60.7 Å². The van der Waals surface area contributed by atoms with Crippen LogP contribution < -0.4 is 10.2 Å². The number of piperazine rings is 1. The summed E-state index contributed by atoms with van der Waals surface area (Å²) < 4.78 is 38.6. The molecule has 1 saturated heterocycles. The minimum absolute atomic E-state index is 0.00267. The largest absolute Gasteiger partial charge is 0.391 e. The molecule has 0 bridgehead atoms. The molecule has 1 aromatic rings. The number of pyridine rings is 1. The molecule has 1 aliphatic carbocycles. The Bertz CT molecular complexity index is 588. The van der Waals surface area contributed by atoms with Crippen molar-refractivity contribution in [2.75, 3.05) is 37.6 Å². The van der Waals surface area contributed by atoms with Gasteiger partial charge in [0.1, 0.15) is 5.82 Å². The van der Waals surface area contributed by atoms with Crippen LogP contribution in [0.4, 0.5) is 19.0 Å². The Balaban J connectivity index is 1.42. The molecule has 144 valence electrons. The van der Waals surface area contributed by atoms with Gasteiger partial charge in [-0.15, -0.1) is 0 Å². The highest BCUT2D eigenvalue weighted by molar-refractivity contribution is 5.78. The van der Waals surface area contributed by atoms with Crippen molar-refractivity contribution in [2.24, 2.45) is 5.92 Å². The first-order valence-electron chi connectivity index (χ1n) is 9.16. The van der Waals surface area contributed by atoms with Crippen LogP contribution in [0.3, 0.4) is 0 Å². The molecule has 0 aromatic carbocycles. The van der Waals surface area contributed by atoms with Crippen LogP contribution in [0.5, 0.6) is 0 Å². The first-order valence-corrected chi connectivity index (χ1v) is 9.16. The van der Waals surface area contributed by atoms with Crippen molar-refractivity contribution in [2.45, 2.75) is 37.9 Å². The van der Waals surface area contributed by atoms with Crippen LogP contribution in [0.2, 0.25) is 0 Å². The van der Waals surface area contributed by atoms with Crippen molar-refractivity contribution in [3.05, 3.63) is 24.4 Å². The highest BCUT2D eigenvalue weighted by Gasteiger charge is 2.42. The fourth-order valence-electron chi connectivity index (χ4n) is 3.77. The number of nitrogens with zero attached hydrogens (tertiary/aromatic N) is 3. The molecule has 5 nitrogen and oxygen atoms in total. The summed E-state index contributed by atoms with van der Waals surface area (Å²) in [5.41, 5.74) is 0. The molecule has 1 N–H and O–H groups in total. The summed E-state index contributed by atoms with van der Waals surface area (Å²) in [6, 6.07) is 5.42. The van der Waals surface area contributed by atoms with E-state index in [1.165, 1.54) is 0 Å². The van der Waals surface area contributed by atoms with Gasteiger partial charge >= 0.3 is 6.18 Å². The zero-order chi connectivity index (χ0) is 18.6. The van der Waals surface area contributed by atoms with E-state index in [1.807, 2.05) is 23.1 Å². The molecule has 8 heteroatoms. The Kier molecular flexibility index (Phi) is 6.01. The van der Waals surface area contributed by atoms with Gasteiger partial charge in [0.15, 0.2) is 0 Å². The van der Waals surface area contributed by atoms with Crippen LogP contribution in [0.15, 0.2) is 24.4 Å². The number of hydrogen-bond acceptors (Lipinski definition) is 4. The third-order valence-corrected chi connectivity index (χ3v) is 5.22. The van der Waals surface area contributed by atoms with E-state index in [2.05, 4.69) is 15.2 Å². The first-order chi connectivity index (χ1) is 12.4. The number of alkyl halides is 3. The monoisotopic (exact) mass is 370 g/mol. The number of carbonyl (C=O) groups excluding carboxylic acids is 1. The van der Waals surface area contributed by atoms with Crippen molar-refractivity contribution in [1.29, 1.82) is 0 Å². The molecule has 1 aliphatic heterocycles. The molecule has 0 radical (unpaired) electrons. The average molecular weight is 370 g/mol. The maximum absolute atomic E-state index is 12.9. The molecule has 26 heavy (non-hydrogen) atoms. The van der Waals surface area contributed by atoms with Crippen molar-refractivity contribution in [3.63, 3.8) is 0 Å². The van der Waals surface area contributed by atoms with Crippen molar-refractivity contribution in [3.8, 4) is 0 Å². The number of anilines is 1. The van der Waals surface area contributed by atoms with Crippen LogP contribution in [0.25, 0.3) is 0 Å². The van der Waals surface area contributed by atoms with Crippen molar-refractivity contribution < 1.29 is 18.0 Å². The van der Waals surface area contributed by atoms with Crippen molar-refractivity contribution in [1.82, 2.24) is 15.2 Å². The van der Waals surface area contributed by atoms with E-state index in [0.717, 1.165) is 32.0 Å². The van der Waals surface area contributed by atoms with Gasteiger partial charge in [-0.1, -0.05) is 12.5 Å². The van der Waals surface area contributed by atoms with Crippen LogP contribution >= 0.6 is 0 Å². The Morgan fingerprint density at radius 2 is 1.96 bits per heavy atom. The van der Waals surface area contributed by atoms with Gasteiger partial charge < -0.3 is 10.2 Å². The summed E-state index contributed by atoms with van der Waals surface area (Å²) in [7, 11) is 0. The number of rotatable bonds is 4. The lowest BCUT2D eigenvalue weighted by Crippen LogP contribution is -2.51. The maximum atomic E-state index is 12.9. The zero-order valence-corrected chi connectivity index (χ0v) is 14.7. The third kappa shape index (κ3) is 5.09. The lowest BCUT2D eigenvalue weighted by Gasteiger charge is -2.35. The molecule has 1 saturated carbocycles. The van der Waals surface area contributed by atoms with E-state index < -0.39 is 12.1 Å². The Morgan fingerprint density at radius 1 is 1.19 bits per heavy atom. The Labute approximate surface area is 151 Å². The summed E-state index contributed by atoms with van der Waals surface area (Å²) in [6.07, 6.45) is -1.09. The first kappa shape index (κ1) is 18.9. The Hall–Kier alpha value is -1.83. The van der Waals surface area contributed by atoms with E-state index in [9.17, 15) is 18.0 Å². The molecule has 2 fully saturated rings. The number of amides is 1. The topological polar surface area (TPSA) is 48.5 Å². The van der Waals surface area contributed by atoms with Gasteiger partial charge in [0.05, 0.1) is 12.5 Å². The van der Waals surface area contributed by atoms with Crippen molar-refractivity contribution >= 4 is 11.7 Å². The second-order valence-corrected chi connectivity index (χ2v) is 7.12. The quantitative estimate of drug-likeness (QED) is 0.885.